The summed E-state index contributed by atoms with van der Waals surface area (Å²) in [6.07, 6.45) is -0.125. The number of nitrogens with one attached hydrogen (secondary N) is 1. The summed E-state index contributed by atoms with van der Waals surface area (Å²) in [6, 6.07) is 8.68. The Morgan fingerprint density at radius 3 is 2.79 bits per heavy atom. The maximum absolute atomic E-state index is 11.8. The molecule has 0 spiro atoms. The number of aliphatic carboxylic acids is 1. The molecule has 6 heteroatoms. The number of carbonyl (C=O) groups excluding carboxylic acids is 1. The summed E-state index contributed by atoms with van der Waals surface area (Å²) in [6.45, 7) is 0.0659. The van der Waals surface area contributed by atoms with Crippen LogP contribution in [-0.4, -0.2) is 28.5 Å². The van der Waals surface area contributed by atoms with Gasteiger partial charge in [0.1, 0.15) is 5.69 Å². The third kappa shape index (κ3) is 3.20. The van der Waals surface area contributed by atoms with Gasteiger partial charge in [0.05, 0.1) is 17.0 Å². The quantitative estimate of drug-likeness (QED) is 0.897. The molecule has 0 aliphatic rings. The van der Waals surface area contributed by atoms with Gasteiger partial charge in [-0.1, -0.05) is 29.8 Å². The van der Waals surface area contributed by atoms with Crippen LogP contribution in [0.25, 0.3) is 10.9 Å². The Morgan fingerprint density at radius 2 is 2.05 bits per heavy atom. The van der Waals surface area contributed by atoms with E-state index >= 15 is 0 Å². The summed E-state index contributed by atoms with van der Waals surface area (Å²) in [5.41, 5.74) is 0.765. The van der Waals surface area contributed by atoms with Gasteiger partial charge in [-0.05, 0) is 12.1 Å². The van der Waals surface area contributed by atoms with E-state index < -0.39 is 11.9 Å². The largest absolute Gasteiger partial charge is 0.481 e. The summed E-state index contributed by atoms with van der Waals surface area (Å²) < 4.78 is 0. The SMILES string of the molecule is O=C(O)CCNC(=O)c1ccc2cccc(Cl)c2n1. The molecule has 0 aliphatic heterocycles. The monoisotopic (exact) mass is 278 g/mol. The van der Waals surface area contributed by atoms with Crippen molar-refractivity contribution in [3.05, 3.63) is 41.0 Å². The van der Waals surface area contributed by atoms with Gasteiger partial charge in [-0.25, -0.2) is 4.98 Å². The van der Waals surface area contributed by atoms with E-state index in [1.54, 1.807) is 24.3 Å². The van der Waals surface area contributed by atoms with Crippen LogP contribution in [0.3, 0.4) is 0 Å². The molecule has 19 heavy (non-hydrogen) atoms. The first-order valence-electron chi connectivity index (χ1n) is 5.63. The zero-order valence-electron chi connectivity index (χ0n) is 9.89. The normalized spacial score (nSPS) is 10.4. The summed E-state index contributed by atoms with van der Waals surface area (Å²) >= 11 is 6.01. The number of carbonyl (C=O) groups is 2. The maximum atomic E-state index is 11.8. The fourth-order valence-corrected chi connectivity index (χ4v) is 1.83. The average Bonchev–Trinajstić information content (AvgIpc) is 2.38. The van der Waals surface area contributed by atoms with Crippen molar-refractivity contribution in [1.29, 1.82) is 0 Å². The van der Waals surface area contributed by atoms with Crippen molar-refractivity contribution >= 4 is 34.4 Å². The predicted octanol–water partition coefficient (Wildman–Crippen LogP) is 2.09. The highest BCUT2D eigenvalue weighted by Crippen LogP contribution is 2.21. The highest BCUT2D eigenvalue weighted by Gasteiger charge is 2.09. The van der Waals surface area contributed by atoms with Crippen molar-refractivity contribution in [2.45, 2.75) is 6.42 Å². The lowest BCUT2D eigenvalue weighted by Gasteiger charge is -2.05. The van der Waals surface area contributed by atoms with E-state index in [2.05, 4.69) is 10.3 Å². The molecule has 1 amide bonds. The van der Waals surface area contributed by atoms with Crippen LogP contribution in [0.1, 0.15) is 16.9 Å². The van der Waals surface area contributed by atoms with E-state index in [9.17, 15) is 9.59 Å². The Hall–Kier alpha value is -2.14. The number of fused-ring (bicyclic) bond motifs is 1. The molecule has 2 N–H and O–H groups in total. The van der Waals surface area contributed by atoms with Gasteiger partial charge in [-0.2, -0.15) is 0 Å². The van der Waals surface area contributed by atoms with Crippen LogP contribution < -0.4 is 5.32 Å². The molecule has 1 aromatic heterocycles. The molecular weight excluding hydrogens is 268 g/mol. The second-order valence-electron chi connectivity index (χ2n) is 3.91. The fourth-order valence-electron chi connectivity index (χ4n) is 1.61. The van der Waals surface area contributed by atoms with Crippen LogP contribution in [0.5, 0.6) is 0 Å². The molecule has 1 aromatic carbocycles. The van der Waals surface area contributed by atoms with Crippen LogP contribution in [0, 0.1) is 0 Å². The molecule has 0 atom stereocenters. The standard InChI is InChI=1S/C13H11ClN2O3/c14-9-3-1-2-8-4-5-10(16-12(8)9)13(19)15-7-6-11(17)18/h1-5H,6-7H2,(H,15,19)(H,17,18). The molecule has 0 unspecified atom stereocenters. The first kappa shape index (κ1) is 13.3. The highest BCUT2D eigenvalue weighted by molar-refractivity contribution is 6.35. The number of hydrogen-bond acceptors (Lipinski definition) is 3. The molecule has 2 aromatic rings. The number of carboxylic acids is 1. The number of rotatable bonds is 4. The minimum atomic E-state index is -0.963. The van der Waals surface area contributed by atoms with Crippen LogP contribution in [-0.2, 0) is 4.79 Å². The number of carboxylic acid groups (broad SMARTS) is 1. The smallest absolute Gasteiger partial charge is 0.305 e. The van der Waals surface area contributed by atoms with Gasteiger partial charge >= 0.3 is 5.97 Å². The van der Waals surface area contributed by atoms with Crippen LogP contribution in [0.4, 0.5) is 0 Å². The molecule has 0 saturated carbocycles. The zero-order valence-corrected chi connectivity index (χ0v) is 10.6. The molecule has 1 heterocycles. The maximum Gasteiger partial charge on any atom is 0.305 e. The minimum absolute atomic E-state index is 0.0659. The molecule has 0 fully saturated rings. The molecule has 0 radical (unpaired) electrons. The molecule has 0 bridgehead atoms. The minimum Gasteiger partial charge on any atom is -0.481 e. The lowest BCUT2D eigenvalue weighted by molar-refractivity contribution is -0.136. The third-order valence-electron chi connectivity index (χ3n) is 2.53. The van der Waals surface area contributed by atoms with Gasteiger partial charge in [0, 0.05) is 11.9 Å². The van der Waals surface area contributed by atoms with Crippen molar-refractivity contribution in [3.63, 3.8) is 0 Å². The summed E-state index contributed by atoms with van der Waals surface area (Å²) in [4.78, 5) is 26.3. The summed E-state index contributed by atoms with van der Waals surface area (Å²) in [7, 11) is 0. The number of pyridine rings is 1. The molecular formula is C13H11ClN2O3. The molecule has 0 aliphatic carbocycles. The van der Waals surface area contributed by atoms with Gasteiger partial charge in [-0.3, -0.25) is 9.59 Å². The number of aromatic nitrogens is 1. The van der Waals surface area contributed by atoms with Crippen LogP contribution in [0.15, 0.2) is 30.3 Å². The number of nitrogens with zero attached hydrogens (tertiary/aromatic N) is 1. The number of halogens is 1. The predicted molar refractivity (Wildman–Crippen MR) is 71.3 cm³/mol. The van der Waals surface area contributed by atoms with Crippen LogP contribution >= 0.6 is 11.6 Å². The van der Waals surface area contributed by atoms with E-state index in [-0.39, 0.29) is 18.7 Å². The number of hydrogen-bond donors (Lipinski definition) is 2. The lowest BCUT2D eigenvalue weighted by atomic mass is 10.2. The molecule has 5 nitrogen and oxygen atoms in total. The number of amides is 1. The zero-order chi connectivity index (χ0) is 13.8. The van der Waals surface area contributed by atoms with Gasteiger partial charge < -0.3 is 10.4 Å². The topological polar surface area (TPSA) is 79.3 Å². The van der Waals surface area contributed by atoms with Crippen molar-refractivity contribution < 1.29 is 14.7 Å². The van der Waals surface area contributed by atoms with Crippen LogP contribution in [0.2, 0.25) is 5.02 Å². The second-order valence-corrected chi connectivity index (χ2v) is 4.31. The van der Waals surface area contributed by atoms with Gasteiger partial charge in [0.2, 0.25) is 0 Å². The lowest BCUT2D eigenvalue weighted by Crippen LogP contribution is -2.26. The van der Waals surface area contributed by atoms with E-state index in [0.29, 0.717) is 10.5 Å². The molecule has 2 rings (SSSR count). The Bertz CT molecular complexity index is 643. The number of para-hydroxylation sites is 1. The third-order valence-corrected chi connectivity index (χ3v) is 2.83. The Morgan fingerprint density at radius 1 is 1.26 bits per heavy atom. The van der Waals surface area contributed by atoms with Crippen molar-refractivity contribution in [2.75, 3.05) is 6.54 Å². The van der Waals surface area contributed by atoms with Gasteiger partial charge in [0.25, 0.3) is 5.91 Å². The van der Waals surface area contributed by atoms with E-state index in [4.69, 9.17) is 16.7 Å². The summed E-state index contributed by atoms with van der Waals surface area (Å²) in [5, 5.41) is 12.3. The van der Waals surface area contributed by atoms with E-state index in [1.165, 1.54) is 0 Å². The number of benzene rings is 1. The Kier molecular flexibility index (Phi) is 3.97. The Balaban J connectivity index is 2.18. The average molecular weight is 279 g/mol. The second kappa shape index (κ2) is 5.67. The first-order chi connectivity index (χ1) is 9.08. The molecule has 98 valence electrons. The van der Waals surface area contributed by atoms with Crippen molar-refractivity contribution in [1.82, 2.24) is 10.3 Å². The van der Waals surface area contributed by atoms with Crippen molar-refractivity contribution in [3.8, 4) is 0 Å². The van der Waals surface area contributed by atoms with E-state index in [0.717, 1.165) is 5.39 Å². The highest BCUT2D eigenvalue weighted by atomic mass is 35.5. The first-order valence-corrected chi connectivity index (χ1v) is 6.01. The summed E-state index contributed by atoms with van der Waals surface area (Å²) in [5.74, 6) is -1.38. The molecule has 0 saturated heterocycles. The van der Waals surface area contributed by atoms with Crippen molar-refractivity contribution in [2.24, 2.45) is 0 Å². The fraction of sp³-hybridized carbons (Fsp3) is 0.154. The van der Waals surface area contributed by atoms with Gasteiger partial charge in [0.15, 0.2) is 0 Å². The Labute approximate surface area is 114 Å². The van der Waals surface area contributed by atoms with E-state index in [1.807, 2.05) is 6.07 Å². The van der Waals surface area contributed by atoms with Gasteiger partial charge in [-0.15, -0.1) is 0 Å².